The fourth-order valence-corrected chi connectivity index (χ4v) is 3.73. The molecular weight excluding hydrogens is 480 g/mol. The monoisotopic (exact) mass is 518 g/mol. The Morgan fingerprint density at radius 2 is 1.65 bits per heavy atom. The smallest absolute Gasteiger partial charge is 0.408 e. The second-order valence-corrected chi connectivity index (χ2v) is 10.2. The molecule has 0 aliphatic carbocycles. The number of carbonyl (C=O) groups is 5. The summed E-state index contributed by atoms with van der Waals surface area (Å²) in [6.07, 6.45) is 0.384. The Hall–Kier alpha value is -3.63. The normalized spacial score (nSPS) is 16.1. The molecule has 1 fully saturated rings. The van der Waals surface area contributed by atoms with E-state index >= 15 is 0 Å². The summed E-state index contributed by atoms with van der Waals surface area (Å²) >= 11 is 0. The average molecular weight is 519 g/mol. The largest absolute Gasteiger partial charge is 0.459 e. The molecule has 0 radical (unpaired) electrons. The van der Waals surface area contributed by atoms with Crippen LogP contribution in [0.25, 0.3) is 0 Å². The molecule has 37 heavy (non-hydrogen) atoms. The van der Waals surface area contributed by atoms with Gasteiger partial charge in [-0.25, -0.2) is 9.59 Å². The van der Waals surface area contributed by atoms with Gasteiger partial charge in [-0.2, -0.15) is 0 Å². The number of hydrogen-bond acceptors (Lipinski definition) is 7. The number of nitrogens with one attached hydrogen (secondary N) is 3. The van der Waals surface area contributed by atoms with Crippen molar-refractivity contribution in [3.63, 3.8) is 0 Å². The predicted octanol–water partition coefficient (Wildman–Crippen LogP) is 1.50. The maximum Gasteiger partial charge on any atom is 0.408 e. The van der Waals surface area contributed by atoms with E-state index in [1.807, 2.05) is 30.3 Å². The molecule has 1 aliphatic rings. The summed E-state index contributed by atoms with van der Waals surface area (Å²) in [5, 5.41) is 7.35. The second-order valence-electron chi connectivity index (χ2n) is 10.2. The van der Waals surface area contributed by atoms with E-state index in [0.29, 0.717) is 19.4 Å². The number of esters is 1. The van der Waals surface area contributed by atoms with Gasteiger partial charge in [0.1, 0.15) is 30.8 Å². The highest BCUT2D eigenvalue weighted by Gasteiger charge is 2.39. The summed E-state index contributed by atoms with van der Waals surface area (Å²) in [4.78, 5) is 63.6. The minimum absolute atomic E-state index is 0.116. The number of alkyl carbamates (subject to hydrolysis) is 1. The first kappa shape index (κ1) is 29.6. The molecule has 1 saturated heterocycles. The molecule has 11 nitrogen and oxygen atoms in total. The van der Waals surface area contributed by atoms with Crippen molar-refractivity contribution in [3.8, 4) is 0 Å². The third-order valence-electron chi connectivity index (χ3n) is 5.52. The van der Waals surface area contributed by atoms with Crippen LogP contribution in [0.5, 0.6) is 0 Å². The van der Waals surface area contributed by atoms with Gasteiger partial charge >= 0.3 is 12.1 Å². The van der Waals surface area contributed by atoms with E-state index in [1.54, 1.807) is 34.6 Å². The predicted molar refractivity (Wildman–Crippen MR) is 135 cm³/mol. The standard InChI is InChI=1S/C26H38N4O7/c1-17(2)22(29-21(32)15-27-20(31)14-28-25(35)37-26(3,4)5)23(33)30-13-9-12-19(30)24(34)36-16-18-10-7-6-8-11-18/h6-8,10-11,17,19,22H,9,12-16H2,1-5H3,(H,27,31)(H,28,35)(H,29,32)/t19-,22-/m0/s1. The van der Waals surface area contributed by atoms with Crippen LogP contribution in [-0.4, -0.2) is 72.0 Å². The van der Waals surface area contributed by atoms with Crippen molar-refractivity contribution in [2.24, 2.45) is 5.92 Å². The minimum atomic E-state index is -0.883. The van der Waals surface area contributed by atoms with E-state index in [0.717, 1.165) is 5.56 Å². The summed E-state index contributed by atoms with van der Waals surface area (Å²) in [7, 11) is 0. The quantitative estimate of drug-likeness (QED) is 0.398. The maximum absolute atomic E-state index is 13.3. The van der Waals surface area contributed by atoms with Crippen molar-refractivity contribution in [2.45, 2.75) is 71.8 Å². The van der Waals surface area contributed by atoms with Gasteiger partial charge in [-0.1, -0.05) is 44.2 Å². The summed E-state index contributed by atoms with van der Waals surface area (Å²) in [6, 6.07) is 7.67. The molecule has 0 bridgehead atoms. The van der Waals surface area contributed by atoms with Gasteiger partial charge in [-0.15, -0.1) is 0 Å². The molecule has 204 valence electrons. The van der Waals surface area contributed by atoms with Gasteiger partial charge in [-0.3, -0.25) is 14.4 Å². The molecule has 1 aromatic rings. The highest BCUT2D eigenvalue weighted by molar-refractivity contribution is 5.93. The number of ether oxygens (including phenoxy) is 2. The summed E-state index contributed by atoms with van der Waals surface area (Å²) in [5.41, 5.74) is 0.147. The number of nitrogens with zero attached hydrogens (tertiary/aromatic N) is 1. The molecule has 2 rings (SSSR count). The molecule has 11 heteroatoms. The zero-order valence-electron chi connectivity index (χ0n) is 22.2. The lowest BCUT2D eigenvalue weighted by molar-refractivity contribution is -0.155. The van der Waals surface area contributed by atoms with E-state index in [9.17, 15) is 24.0 Å². The van der Waals surface area contributed by atoms with Gasteiger partial charge in [0.15, 0.2) is 0 Å². The van der Waals surface area contributed by atoms with Crippen LogP contribution in [-0.2, 0) is 35.3 Å². The van der Waals surface area contributed by atoms with Crippen LogP contribution < -0.4 is 16.0 Å². The van der Waals surface area contributed by atoms with E-state index < -0.39 is 41.6 Å². The summed E-state index contributed by atoms with van der Waals surface area (Å²) < 4.78 is 10.5. The molecule has 4 amide bonds. The molecule has 1 aromatic carbocycles. The molecule has 3 N–H and O–H groups in total. The average Bonchev–Trinajstić information content (AvgIpc) is 3.32. The molecule has 2 atom stereocenters. The van der Waals surface area contributed by atoms with Crippen molar-refractivity contribution in [3.05, 3.63) is 35.9 Å². The Morgan fingerprint density at radius 3 is 2.27 bits per heavy atom. The van der Waals surface area contributed by atoms with E-state index in [1.165, 1.54) is 4.90 Å². The van der Waals surface area contributed by atoms with Crippen LogP contribution in [0.15, 0.2) is 30.3 Å². The Labute approximate surface area is 217 Å². The van der Waals surface area contributed by atoms with Gasteiger partial charge in [0.25, 0.3) is 0 Å². The molecule has 1 aliphatic heterocycles. The highest BCUT2D eigenvalue weighted by Crippen LogP contribution is 2.22. The zero-order chi connectivity index (χ0) is 27.6. The first-order valence-corrected chi connectivity index (χ1v) is 12.4. The van der Waals surface area contributed by atoms with Crippen LogP contribution in [0.4, 0.5) is 4.79 Å². The number of carbonyl (C=O) groups excluding carboxylic acids is 5. The van der Waals surface area contributed by atoms with Crippen molar-refractivity contribution >= 4 is 29.8 Å². The first-order chi connectivity index (χ1) is 17.4. The maximum atomic E-state index is 13.3. The molecule has 1 heterocycles. The van der Waals surface area contributed by atoms with Gasteiger partial charge in [0.05, 0.1) is 6.54 Å². The molecule has 0 saturated carbocycles. The van der Waals surface area contributed by atoms with Crippen molar-refractivity contribution < 1.29 is 33.4 Å². The van der Waals surface area contributed by atoms with Crippen molar-refractivity contribution in [1.29, 1.82) is 0 Å². The topological polar surface area (TPSA) is 143 Å². The van der Waals surface area contributed by atoms with Gasteiger partial charge in [0.2, 0.25) is 17.7 Å². The highest BCUT2D eigenvalue weighted by atomic mass is 16.6. The number of rotatable bonds is 10. The van der Waals surface area contributed by atoms with Crippen LogP contribution >= 0.6 is 0 Å². The van der Waals surface area contributed by atoms with E-state index in [4.69, 9.17) is 9.47 Å². The Kier molecular flexibility index (Phi) is 10.9. The SMILES string of the molecule is CC(C)[C@H](NC(=O)CNC(=O)CNC(=O)OC(C)(C)C)C(=O)N1CCC[C@H]1C(=O)OCc1ccccc1. The third kappa shape index (κ3) is 10.1. The minimum Gasteiger partial charge on any atom is -0.459 e. The number of benzene rings is 1. The second kappa shape index (κ2) is 13.6. The Morgan fingerprint density at radius 1 is 1.00 bits per heavy atom. The molecule has 0 unspecified atom stereocenters. The van der Waals surface area contributed by atoms with Crippen LogP contribution in [0.2, 0.25) is 0 Å². The lowest BCUT2D eigenvalue weighted by Gasteiger charge is -2.30. The molecular formula is C26H38N4O7. The van der Waals surface area contributed by atoms with Gasteiger partial charge in [0, 0.05) is 6.54 Å². The summed E-state index contributed by atoms with van der Waals surface area (Å²) in [6.45, 7) is 8.41. The lowest BCUT2D eigenvalue weighted by atomic mass is 10.0. The third-order valence-corrected chi connectivity index (χ3v) is 5.52. The lowest BCUT2D eigenvalue weighted by Crippen LogP contribution is -2.55. The van der Waals surface area contributed by atoms with Gasteiger partial charge < -0.3 is 30.3 Å². The summed E-state index contributed by atoms with van der Waals surface area (Å²) in [5.74, 6) is -2.27. The van der Waals surface area contributed by atoms with Crippen LogP contribution in [0.3, 0.4) is 0 Å². The fourth-order valence-electron chi connectivity index (χ4n) is 3.73. The number of amides is 4. The van der Waals surface area contributed by atoms with Crippen LogP contribution in [0, 0.1) is 5.92 Å². The first-order valence-electron chi connectivity index (χ1n) is 12.4. The Bertz CT molecular complexity index is 959. The van der Waals surface area contributed by atoms with E-state index in [2.05, 4.69) is 16.0 Å². The van der Waals surface area contributed by atoms with Crippen LogP contribution in [0.1, 0.15) is 53.0 Å². The number of hydrogen-bond donors (Lipinski definition) is 3. The molecule has 0 aromatic heterocycles. The van der Waals surface area contributed by atoms with Gasteiger partial charge in [-0.05, 0) is 45.1 Å². The zero-order valence-corrected chi connectivity index (χ0v) is 22.2. The Balaban J connectivity index is 1.86. The van der Waals surface area contributed by atoms with E-state index in [-0.39, 0.29) is 31.5 Å². The fraction of sp³-hybridized carbons (Fsp3) is 0.577. The van der Waals surface area contributed by atoms with Crippen molar-refractivity contribution in [2.75, 3.05) is 19.6 Å². The number of likely N-dealkylation sites (tertiary alicyclic amines) is 1. The van der Waals surface area contributed by atoms with Crippen molar-refractivity contribution in [1.82, 2.24) is 20.9 Å². The molecule has 0 spiro atoms.